The number of halogens is 1. The van der Waals surface area contributed by atoms with Crippen molar-refractivity contribution >= 4 is 28.4 Å². The molecule has 5 fully saturated rings. The predicted octanol–water partition coefficient (Wildman–Crippen LogP) is 4.45. The number of carbonyl (C=O) groups excluding carboxylic acids is 1. The van der Waals surface area contributed by atoms with Crippen LogP contribution in [0.4, 0.5) is 0 Å². The summed E-state index contributed by atoms with van der Waals surface area (Å²) in [6.07, 6.45) is 8.47. The van der Waals surface area contributed by atoms with Gasteiger partial charge in [-0.15, -0.1) is 6.58 Å². The number of carbonyl (C=O) groups is 1. The van der Waals surface area contributed by atoms with Gasteiger partial charge in [0.05, 0.1) is 17.1 Å². The van der Waals surface area contributed by atoms with Gasteiger partial charge in [0.2, 0.25) is 0 Å². The zero-order valence-corrected chi connectivity index (χ0v) is 15.5. The first-order chi connectivity index (χ1) is 9.68. The van der Waals surface area contributed by atoms with Crippen molar-refractivity contribution in [3.8, 4) is 0 Å². The quantitative estimate of drug-likeness (QED) is 0.369. The van der Waals surface area contributed by atoms with Crippen molar-refractivity contribution in [2.75, 3.05) is 0 Å². The summed E-state index contributed by atoms with van der Waals surface area (Å²) in [5, 5.41) is 0. The predicted molar refractivity (Wildman–Crippen MR) is 91.6 cm³/mol. The van der Waals surface area contributed by atoms with Crippen molar-refractivity contribution in [1.29, 1.82) is 0 Å². The maximum atomic E-state index is 13.0. The van der Waals surface area contributed by atoms with E-state index in [9.17, 15) is 4.79 Å². The summed E-state index contributed by atoms with van der Waals surface area (Å²) in [4.78, 5) is 13.0. The lowest BCUT2D eigenvalue weighted by Gasteiger charge is -2.70. The van der Waals surface area contributed by atoms with Crippen molar-refractivity contribution in [2.45, 2.75) is 73.9 Å². The minimum Gasteiger partial charge on any atom is -0.366 e. The van der Waals surface area contributed by atoms with E-state index < -0.39 is 0 Å². The Bertz CT molecular complexity index is 555. The molecular weight excluding hydrogens is 375 g/mol. The van der Waals surface area contributed by atoms with E-state index in [-0.39, 0.29) is 31.4 Å². The maximum absolute atomic E-state index is 13.0. The van der Waals surface area contributed by atoms with Gasteiger partial charge in [0.25, 0.3) is 0 Å². The molecule has 5 aliphatic rings. The van der Waals surface area contributed by atoms with E-state index in [1.54, 1.807) is 0 Å². The summed E-state index contributed by atoms with van der Waals surface area (Å²) in [6, 6.07) is 0. The van der Waals surface area contributed by atoms with E-state index in [1.807, 2.05) is 0 Å². The van der Waals surface area contributed by atoms with E-state index >= 15 is 0 Å². The van der Waals surface area contributed by atoms with E-state index in [1.165, 1.54) is 19.3 Å². The lowest BCUT2D eigenvalue weighted by Crippen LogP contribution is -2.75. The fourth-order valence-electron chi connectivity index (χ4n) is 6.63. The molecule has 4 bridgehead atoms. The van der Waals surface area contributed by atoms with E-state index in [0.29, 0.717) is 12.2 Å². The van der Waals surface area contributed by atoms with Gasteiger partial charge in [0.15, 0.2) is 0 Å². The van der Waals surface area contributed by atoms with Crippen LogP contribution in [0, 0.1) is 16.7 Å². The van der Waals surface area contributed by atoms with Gasteiger partial charge in [-0.2, -0.15) is 0 Å². The minimum absolute atomic E-state index is 0.00521. The molecule has 3 saturated carbocycles. The molecule has 6 atom stereocenters. The van der Waals surface area contributed by atoms with E-state index in [4.69, 9.17) is 4.74 Å². The first-order valence-corrected chi connectivity index (χ1v) is 9.31. The van der Waals surface area contributed by atoms with Crippen molar-refractivity contribution in [3.05, 3.63) is 12.7 Å². The number of allylic oxidation sites excluding steroid dienone is 1. The highest BCUT2D eigenvalue weighted by Gasteiger charge is 2.83. The molecule has 0 aromatic carbocycles. The highest BCUT2D eigenvalue weighted by Crippen LogP contribution is 2.79. The fourth-order valence-corrected chi connectivity index (χ4v) is 7.68. The van der Waals surface area contributed by atoms with Crippen LogP contribution in [0.5, 0.6) is 0 Å². The molecule has 0 radical (unpaired) electrons. The lowest BCUT2D eigenvalue weighted by molar-refractivity contribution is -0.314. The summed E-state index contributed by atoms with van der Waals surface area (Å²) in [7, 11) is 0. The van der Waals surface area contributed by atoms with Crippen LogP contribution in [0.1, 0.15) is 59.3 Å². The summed E-state index contributed by atoms with van der Waals surface area (Å²) >= 11 is 2.55. The molecule has 1 spiro atoms. The normalized spacial score (nSPS) is 61.7. The number of ketones is 1. The molecule has 2 saturated heterocycles. The van der Waals surface area contributed by atoms with Gasteiger partial charge in [-0.25, -0.2) is 0 Å². The monoisotopic (exact) mass is 400 g/mol. The second-order valence-electron chi connectivity index (χ2n) is 8.44. The first-order valence-electron chi connectivity index (χ1n) is 8.24. The van der Waals surface area contributed by atoms with Gasteiger partial charge in [-0.05, 0) is 33.1 Å². The van der Waals surface area contributed by atoms with E-state index in [2.05, 4.69) is 56.0 Å². The molecule has 0 aromatic rings. The molecule has 0 N–H and O–H groups in total. The van der Waals surface area contributed by atoms with Crippen LogP contribution in [0.25, 0.3) is 0 Å². The van der Waals surface area contributed by atoms with Crippen LogP contribution in [-0.4, -0.2) is 20.4 Å². The van der Waals surface area contributed by atoms with Crippen LogP contribution in [0.2, 0.25) is 0 Å². The zero-order chi connectivity index (χ0) is 15.3. The molecule has 0 amide bonds. The Kier molecular flexibility index (Phi) is 2.64. The second kappa shape index (κ2) is 3.77. The summed E-state index contributed by atoms with van der Waals surface area (Å²) < 4.78 is 6.89. The fraction of sp³-hybridized carbons (Fsp3) is 0.833. The summed E-state index contributed by atoms with van der Waals surface area (Å²) in [5.74, 6) is 0.429. The Morgan fingerprint density at radius 3 is 2.62 bits per heavy atom. The van der Waals surface area contributed by atoms with Crippen molar-refractivity contribution < 1.29 is 9.53 Å². The van der Waals surface area contributed by atoms with Crippen LogP contribution in [-0.2, 0) is 9.53 Å². The topological polar surface area (TPSA) is 26.3 Å². The molecule has 3 aliphatic carbocycles. The largest absolute Gasteiger partial charge is 0.366 e. The molecule has 3 heteroatoms. The number of hydrogen-bond donors (Lipinski definition) is 0. The molecule has 2 aliphatic heterocycles. The lowest BCUT2D eigenvalue weighted by atomic mass is 9.41. The number of alkyl halides is 1. The van der Waals surface area contributed by atoms with Crippen LogP contribution < -0.4 is 0 Å². The Morgan fingerprint density at radius 1 is 1.29 bits per heavy atom. The van der Waals surface area contributed by atoms with Gasteiger partial charge in [0.1, 0.15) is 5.78 Å². The standard InChI is InChI=1S/C18H25IO2/c1-5-17-11-15(3,19)16(4)13(17)12(20)10-18(21-16)9-7-6-8-14(17,18)2/h5,13H,1,6-11H2,2-4H3. The maximum Gasteiger partial charge on any atom is 0.142 e. The van der Waals surface area contributed by atoms with Gasteiger partial charge >= 0.3 is 0 Å². The zero-order valence-electron chi connectivity index (χ0n) is 13.3. The number of fused-ring (bicyclic) bond motifs is 1. The highest BCUT2D eigenvalue weighted by molar-refractivity contribution is 14.1. The highest BCUT2D eigenvalue weighted by atomic mass is 127. The first kappa shape index (κ1) is 14.7. The van der Waals surface area contributed by atoms with E-state index in [0.717, 1.165) is 12.8 Å². The average Bonchev–Trinajstić information content (AvgIpc) is 2.55. The number of rotatable bonds is 1. The molecule has 2 heterocycles. The molecule has 5 rings (SSSR count). The Hall–Kier alpha value is 0.100. The van der Waals surface area contributed by atoms with Crippen LogP contribution >= 0.6 is 22.6 Å². The molecule has 116 valence electrons. The van der Waals surface area contributed by atoms with Crippen molar-refractivity contribution in [2.24, 2.45) is 16.7 Å². The van der Waals surface area contributed by atoms with Crippen molar-refractivity contribution in [1.82, 2.24) is 0 Å². The number of hydrogen-bond acceptors (Lipinski definition) is 2. The van der Waals surface area contributed by atoms with Gasteiger partial charge < -0.3 is 4.74 Å². The summed E-state index contributed by atoms with van der Waals surface area (Å²) in [5.41, 5.74) is -0.594. The van der Waals surface area contributed by atoms with Crippen LogP contribution in [0.15, 0.2) is 12.7 Å². The second-order valence-corrected chi connectivity index (χ2v) is 10.8. The van der Waals surface area contributed by atoms with Gasteiger partial charge in [-0.1, -0.05) is 48.4 Å². The molecule has 21 heavy (non-hydrogen) atoms. The Balaban J connectivity index is 2.04. The number of Topliss-reactive ketones (excluding diaryl/α,β-unsaturated/α-hetero) is 1. The average molecular weight is 400 g/mol. The molecular formula is C18H25IO2. The van der Waals surface area contributed by atoms with Gasteiger partial charge in [-0.3, -0.25) is 4.79 Å². The third kappa shape index (κ3) is 1.27. The van der Waals surface area contributed by atoms with Gasteiger partial charge in [0, 0.05) is 20.7 Å². The Labute approximate surface area is 141 Å². The molecule has 2 nitrogen and oxygen atoms in total. The number of ether oxygens (including phenoxy) is 1. The smallest absolute Gasteiger partial charge is 0.142 e. The van der Waals surface area contributed by atoms with Crippen molar-refractivity contribution in [3.63, 3.8) is 0 Å². The third-order valence-corrected chi connectivity index (χ3v) is 9.27. The Morgan fingerprint density at radius 2 is 1.95 bits per heavy atom. The minimum atomic E-state index is -0.339. The molecule has 6 unspecified atom stereocenters. The third-order valence-electron chi connectivity index (χ3n) is 7.82. The molecule has 0 aromatic heterocycles. The van der Waals surface area contributed by atoms with Crippen LogP contribution in [0.3, 0.4) is 0 Å². The summed E-state index contributed by atoms with van der Waals surface area (Å²) in [6.45, 7) is 11.1. The SMILES string of the molecule is C=CC12CC(C)(I)C3(C)OC4(CCCCC41C)CC(=O)C23.